The number of hydrogen-bond donors (Lipinski definition) is 0. The van der Waals surface area contributed by atoms with E-state index < -0.39 is 0 Å². The number of anilines is 1. The second-order valence-corrected chi connectivity index (χ2v) is 7.41. The lowest BCUT2D eigenvalue weighted by atomic mass is 9.73. The maximum atomic E-state index is 12.3. The zero-order chi connectivity index (χ0) is 17.7. The Morgan fingerprint density at radius 2 is 2.16 bits per heavy atom. The number of methoxy groups -OCH3 is 1. The van der Waals surface area contributed by atoms with Crippen LogP contribution in [-0.2, 0) is 16.0 Å². The van der Waals surface area contributed by atoms with Gasteiger partial charge in [-0.3, -0.25) is 4.79 Å². The SMILES string of the molecule is CCc1cc(N2CCC[C@]3(CCC(=O)N(CCCOC)C3)C2)ncn1. The van der Waals surface area contributed by atoms with E-state index in [1.165, 1.54) is 6.42 Å². The lowest BCUT2D eigenvalue weighted by Crippen LogP contribution is -2.54. The zero-order valence-corrected chi connectivity index (χ0v) is 15.5. The standard InChI is InChI=1S/C19H30N4O2/c1-3-16-12-17(21-15-20-16)22-9-4-7-19(13-22)8-6-18(24)23(14-19)10-5-11-25-2/h12,15H,3-11,13-14H2,1-2H3/t19-/m0/s1. The average molecular weight is 346 g/mol. The fourth-order valence-corrected chi connectivity index (χ4v) is 4.19. The normalized spacial score (nSPS) is 24.2. The van der Waals surface area contributed by atoms with Crippen molar-refractivity contribution < 1.29 is 9.53 Å². The molecule has 0 unspecified atom stereocenters. The van der Waals surface area contributed by atoms with Crippen LogP contribution in [0.25, 0.3) is 0 Å². The van der Waals surface area contributed by atoms with Crippen LogP contribution >= 0.6 is 0 Å². The second-order valence-electron chi connectivity index (χ2n) is 7.41. The van der Waals surface area contributed by atoms with Crippen LogP contribution in [0.5, 0.6) is 0 Å². The molecule has 2 aliphatic rings. The molecule has 138 valence electrons. The van der Waals surface area contributed by atoms with Crippen molar-refractivity contribution in [3.63, 3.8) is 0 Å². The number of nitrogens with zero attached hydrogens (tertiary/aromatic N) is 4. The Morgan fingerprint density at radius 3 is 2.96 bits per heavy atom. The van der Waals surface area contributed by atoms with E-state index in [4.69, 9.17) is 4.74 Å². The van der Waals surface area contributed by atoms with Crippen molar-refractivity contribution >= 4 is 11.7 Å². The fourth-order valence-electron chi connectivity index (χ4n) is 4.19. The number of amides is 1. The number of hydrogen-bond acceptors (Lipinski definition) is 5. The number of aryl methyl sites for hydroxylation is 1. The van der Waals surface area contributed by atoms with Crippen molar-refractivity contribution in [2.45, 2.75) is 45.4 Å². The highest BCUT2D eigenvalue weighted by molar-refractivity contribution is 5.77. The number of carbonyl (C=O) groups excluding carboxylic acids is 1. The highest BCUT2D eigenvalue weighted by atomic mass is 16.5. The Hall–Kier alpha value is -1.69. The van der Waals surface area contributed by atoms with E-state index in [0.29, 0.717) is 18.9 Å². The second kappa shape index (κ2) is 8.13. The van der Waals surface area contributed by atoms with E-state index in [1.807, 2.05) is 0 Å². The lowest BCUT2D eigenvalue weighted by Gasteiger charge is -2.48. The van der Waals surface area contributed by atoms with Gasteiger partial charge < -0.3 is 14.5 Å². The molecule has 6 heteroatoms. The van der Waals surface area contributed by atoms with Crippen LogP contribution in [0.4, 0.5) is 5.82 Å². The number of aromatic nitrogens is 2. The molecular weight excluding hydrogens is 316 g/mol. The highest BCUT2D eigenvalue weighted by Gasteiger charge is 2.41. The van der Waals surface area contributed by atoms with Crippen LogP contribution < -0.4 is 4.90 Å². The summed E-state index contributed by atoms with van der Waals surface area (Å²) in [7, 11) is 1.71. The van der Waals surface area contributed by atoms with Gasteiger partial charge in [-0.2, -0.15) is 0 Å². The summed E-state index contributed by atoms with van der Waals surface area (Å²) in [4.78, 5) is 25.6. The highest BCUT2D eigenvalue weighted by Crippen LogP contribution is 2.39. The average Bonchev–Trinajstić information content (AvgIpc) is 2.65. The van der Waals surface area contributed by atoms with Gasteiger partial charge in [-0.05, 0) is 32.1 Å². The smallest absolute Gasteiger partial charge is 0.222 e. The van der Waals surface area contributed by atoms with Crippen LogP contribution in [0.2, 0.25) is 0 Å². The van der Waals surface area contributed by atoms with Gasteiger partial charge in [0.2, 0.25) is 5.91 Å². The number of rotatable bonds is 6. The molecule has 1 atom stereocenters. The van der Waals surface area contributed by atoms with E-state index in [2.05, 4.69) is 32.8 Å². The number of piperidine rings is 2. The molecule has 2 saturated heterocycles. The molecular formula is C19H30N4O2. The third-order valence-electron chi connectivity index (χ3n) is 5.58. The summed E-state index contributed by atoms with van der Waals surface area (Å²) >= 11 is 0. The molecule has 0 bridgehead atoms. The quantitative estimate of drug-likeness (QED) is 0.740. The van der Waals surface area contributed by atoms with Crippen molar-refractivity contribution in [3.8, 4) is 0 Å². The zero-order valence-electron chi connectivity index (χ0n) is 15.5. The summed E-state index contributed by atoms with van der Waals surface area (Å²) in [5.74, 6) is 1.34. The molecule has 0 N–H and O–H groups in total. The van der Waals surface area contributed by atoms with Gasteiger partial charge in [0.25, 0.3) is 0 Å². The molecule has 25 heavy (non-hydrogen) atoms. The molecule has 0 saturated carbocycles. The van der Waals surface area contributed by atoms with Crippen molar-refractivity contribution in [1.29, 1.82) is 0 Å². The summed E-state index contributed by atoms with van der Waals surface area (Å²) in [6.07, 6.45) is 7.54. The van der Waals surface area contributed by atoms with Crippen LogP contribution in [0, 0.1) is 5.41 Å². The van der Waals surface area contributed by atoms with E-state index >= 15 is 0 Å². The monoisotopic (exact) mass is 346 g/mol. The molecule has 1 aromatic rings. The number of carbonyl (C=O) groups is 1. The first kappa shape index (κ1) is 18.1. The summed E-state index contributed by atoms with van der Waals surface area (Å²) < 4.78 is 5.14. The summed E-state index contributed by atoms with van der Waals surface area (Å²) in [5.41, 5.74) is 1.29. The molecule has 2 aliphatic heterocycles. The Kier molecular flexibility index (Phi) is 5.89. The van der Waals surface area contributed by atoms with Crippen LogP contribution in [-0.4, -0.2) is 60.7 Å². The molecule has 1 aromatic heterocycles. The summed E-state index contributed by atoms with van der Waals surface area (Å²) in [6, 6.07) is 2.11. The van der Waals surface area contributed by atoms with E-state index in [9.17, 15) is 4.79 Å². The van der Waals surface area contributed by atoms with E-state index in [0.717, 1.165) is 63.4 Å². The largest absolute Gasteiger partial charge is 0.385 e. The number of ether oxygens (including phenoxy) is 1. The minimum atomic E-state index is 0.205. The Labute approximate surface area is 150 Å². The first-order valence-corrected chi connectivity index (χ1v) is 9.48. The first-order chi connectivity index (χ1) is 12.2. The molecule has 1 spiro atoms. The molecule has 0 radical (unpaired) electrons. The summed E-state index contributed by atoms with van der Waals surface area (Å²) in [6.45, 7) is 6.54. The maximum Gasteiger partial charge on any atom is 0.222 e. The molecule has 1 amide bonds. The van der Waals surface area contributed by atoms with Crippen LogP contribution in [0.1, 0.15) is 44.7 Å². The Bertz CT molecular complexity index is 595. The minimum absolute atomic E-state index is 0.205. The van der Waals surface area contributed by atoms with Gasteiger partial charge in [-0.15, -0.1) is 0 Å². The van der Waals surface area contributed by atoms with Crippen molar-refractivity contribution in [1.82, 2.24) is 14.9 Å². The minimum Gasteiger partial charge on any atom is -0.385 e. The third-order valence-corrected chi connectivity index (χ3v) is 5.58. The van der Waals surface area contributed by atoms with Gasteiger partial charge >= 0.3 is 0 Å². The van der Waals surface area contributed by atoms with Crippen molar-refractivity contribution in [2.75, 3.05) is 44.8 Å². The molecule has 2 fully saturated rings. The predicted octanol–water partition coefficient (Wildman–Crippen LogP) is 2.28. The topological polar surface area (TPSA) is 58.6 Å². The number of likely N-dealkylation sites (tertiary alicyclic amines) is 1. The van der Waals surface area contributed by atoms with Crippen molar-refractivity contribution in [2.24, 2.45) is 5.41 Å². The molecule has 3 rings (SSSR count). The van der Waals surface area contributed by atoms with Gasteiger partial charge in [0.05, 0.1) is 0 Å². The molecule has 0 aromatic carbocycles. The first-order valence-electron chi connectivity index (χ1n) is 9.48. The molecule has 6 nitrogen and oxygen atoms in total. The Balaban J connectivity index is 1.69. The third kappa shape index (κ3) is 4.29. The lowest BCUT2D eigenvalue weighted by molar-refractivity contribution is -0.138. The maximum absolute atomic E-state index is 12.3. The van der Waals surface area contributed by atoms with Gasteiger partial charge in [0.1, 0.15) is 12.1 Å². The van der Waals surface area contributed by atoms with E-state index in [-0.39, 0.29) is 5.41 Å². The van der Waals surface area contributed by atoms with Crippen LogP contribution in [0.15, 0.2) is 12.4 Å². The van der Waals surface area contributed by atoms with Crippen LogP contribution in [0.3, 0.4) is 0 Å². The van der Waals surface area contributed by atoms with Crippen molar-refractivity contribution in [3.05, 3.63) is 18.1 Å². The summed E-state index contributed by atoms with van der Waals surface area (Å²) in [5, 5.41) is 0. The van der Waals surface area contributed by atoms with Gasteiger partial charge in [0, 0.05) is 63.5 Å². The van der Waals surface area contributed by atoms with Gasteiger partial charge in [-0.1, -0.05) is 6.92 Å². The molecule has 3 heterocycles. The Morgan fingerprint density at radius 1 is 1.28 bits per heavy atom. The molecule has 0 aliphatic carbocycles. The van der Waals surface area contributed by atoms with Gasteiger partial charge in [-0.25, -0.2) is 9.97 Å². The van der Waals surface area contributed by atoms with E-state index in [1.54, 1.807) is 13.4 Å². The fraction of sp³-hybridized carbons (Fsp3) is 0.737. The van der Waals surface area contributed by atoms with Gasteiger partial charge in [0.15, 0.2) is 0 Å². The predicted molar refractivity (Wildman–Crippen MR) is 97.6 cm³/mol.